The number of halogens is 1. The van der Waals surface area contributed by atoms with Crippen LogP contribution < -0.4 is 5.32 Å². The lowest BCUT2D eigenvalue weighted by atomic mass is 9.96. The molecule has 0 radical (unpaired) electrons. The second-order valence-electron chi connectivity index (χ2n) is 4.86. The highest BCUT2D eigenvalue weighted by atomic mass is 79.9. The van der Waals surface area contributed by atoms with Gasteiger partial charge in [-0.3, -0.25) is 0 Å². The van der Waals surface area contributed by atoms with Gasteiger partial charge in [-0.05, 0) is 58.9 Å². The van der Waals surface area contributed by atoms with Gasteiger partial charge in [0.25, 0.3) is 0 Å². The fourth-order valence-electron chi connectivity index (χ4n) is 2.98. The Balaban J connectivity index is 1.83. The average molecular weight is 322 g/mol. The molecule has 1 N–H and O–H groups in total. The van der Waals surface area contributed by atoms with E-state index in [1.165, 1.54) is 26.9 Å². The third-order valence-corrected chi connectivity index (χ3v) is 5.46. The van der Waals surface area contributed by atoms with Gasteiger partial charge < -0.3 is 5.32 Å². The molecule has 0 bridgehead atoms. The molecule has 3 rings (SSSR count). The van der Waals surface area contributed by atoms with Crippen molar-refractivity contribution in [1.82, 2.24) is 5.32 Å². The Morgan fingerprint density at radius 2 is 2.22 bits per heavy atom. The molecule has 0 amide bonds. The summed E-state index contributed by atoms with van der Waals surface area (Å²) in [6, 6.07) is 11.6. The van der Waals surface area contributed by atoms with E-state index in [-0.39, 0.29) is 0 Å². The molecule has 1 heterocycles. The molecule has 2 atom stereocenters. The third kappa shape index (κ3) is 2.27. The number of hydrogen-bond acceptors (Lipinski definition) is 2. The van der Waals surface area contributed by atoms with Crippen LogP contribution >= 0.6 is 27.3 Å². The SMILES string of the molecule is CNC1c2ccccc2CC1Cc1cc(Br)cs1. The van der Waals surface area contributed by atoms with Crippen molar-refractivity contribution in [3.05, 3.63) is 56.2 Å². The number of hydrogen-bond donors (Lipinski definition) is 1. The maximum absolute atomic E-state index is 3.54. The fraction of sp³-hybridized carbons (Fsp3) is 0.333. The predicted molar refractivity (Wildman–Crippen MR) is 81.2 cm³/mol. The van der Waals surface area contributed by atoms with Crippen LogP contribution in [0.5, 0.6) is 0 Å². The van der Waals surface area contributed by atoms with Crippen LogP contribution in [0.15, 0.2) is 40.2 Å². The van der Waals surface area contributed by atoms with Crippen molar-refractivity contribution in [3.8, 4) is 0 Å². The smallest absolute Gasteiger partial charge is 0.0355 e. The number of fused-ring (bicyclic) bond motifs is 1. The number of benzene rings is 1. The molecule has 1 aromatic heterocycles. The summed E-state index contributed by atoms with van der Waals surface area (Å²) < 4.78 is 1.21. The van der Waals surface area contributed by atoms with Crippen LogP contribution in [0.3, 0.4) is 0 Å². The predicted octanol–water partition coefficient (Wildman–Crippen LogP) is 4.19. The lowest BCUT2D eigenvalue weighted by molar-refractivity contribution is 0.412. The van der Waals surface area contributed by atoms with Gasteiger partial charge in [-0.15, -0.1) is 11.3 Å². The minimum atomic E-state index is 0.502. The summed E-state index contributed by atoms with van der Waals surface area (Å²) in [6.45, 7) is 0. The molecule has 1 aromatic carbocycles. The monoisotopic (exact) mass is 321 g/mol. The largest absolute Gasteiger partial charge is 0.313 e. The van der Waals surface area contributed by atoms with E-state index >= 15 is 0 Å². The number of rotatable bonds is 3. The Morgan fingerprint density at radius 3 is 2.94 bits per heavy atom. The highest BCUT2D eigenvalue weighted by Crippen LogP contribution is 2.38. The Hall–Kier alpha value is -0.640. The molecule has 0 spiro atoms. The van der Waals surface area contributed by atoms with Crippen molar-refractivity contribution >= 4 is 27.3 Å². The molecule has 94 valence electrons. The van der Waals surface area contributed by atoms with Crippen LogP contribution in [0, 0.1) is 5.92 Å². The van der Waals surface area contributed by atoms with Gasteiger partial charge in [-0.1, -0.05) is 24.3 Å². The van der Waals surface area contributed by atoms with E-state index < -0.39 is 0 Å². The van der Waals surface area contributed by atoms with E-state index in [1.54, 1.807) is 0 Å². The van der Waals surface area contributed by atoms with Crippen LogP contribution in [0.1, 0.15) is 22.0 Å². The standard InChI is InChI=1S/C15H16BrNS/c1-17-15-11(7-13-8-12(16)9-18-13)6-10-4-2-3-5-14(10)15/h2-5,8-9,11,15,17H,6-7H2,1H3. The summed E-state index contributed by atoms with van der Waals surface area (Å²) in [5, 5.41) is 5.66. The summed E-state index contributed by atoms with van der Waals surface area (Å²) in [5.74, 6) is 0.679. The van der Waals surface area contributed by atoms with Crippen molar-refractivity contribution < 1.29 is 0 Å². The molecule has 1 aliphatic rings. The lowest BCUT2D eigenvalue weighted by Crippen LogP contribution is -2.22. The summed E-state index contributed by atoms with van der Waals surface area (Å²) in [4.78, 5) is 1.47. The molecule has 2 aromatic rings. The number of thiophene rings is 1. The highest BCUT2D eigenvalue weighted by Gasteiger charge is 2.31. The topological polar surface area (TPSA) is 12.0 Å². The molecule has 0 aliphatic heterocycles. The van der Waals surface area contributed by atoms with Crippen LogP contribution in [0.2, 0.25) is 0 Å². The van der Waals surface area contributed by atoms with Gasteiger partial charge in [0.2, 0.25) is 0 Å². The molecule has 0 fully saturated rings. The fourth-order valence-corrected chi connectivity index (χ4v) is 4.52. The highest BCUT2D eigenvalue weighted by molar-refractivity contribution is 9.10. The maximum Gasteiger partial charge on any atom is 0.0355 e. The van der Waals surface area contributed by atoms with Gasteiger partial charge in [-0.25, -0.2) is 0 Å². The van der Waals surface area contributed by atoms with Crippen molar-refractivity contribution in [2.75, 3.05) is 7.05 Å². The Bertz CT molecular complexity index is 549. The Morgan fingerprint density at radius 1 is 1.39 bits per heavy atom. The van der Waals surface area contributed by atoms with E-state index in [0.29, 0.717) is 12.0 Å². The summed E-state index contributed by atoms with van der Waals surface area (Å²) >= 11 is 5.39. The van der Waals surface area contributed by atoms with Gasteiger partial charge in [0, 0.05) is 20.8 Å². The summed E-state index contributed by atoms with van der Waals surface area (Å²) in [7, 11) is 2.07. The lowest BCUT2D eigenvalue weighted by Gasteiger charge is -2.19. The van der Waals surface area contributed by atoms with Crippen LogP contribution in [0.4, 0.5) is 0 Å². The first kappa shape index (κ1) is 12.4. The zero-order valence-corrected chi connectivity index (χ0v) is 12.7. The maximum atomic E-state index is 3.54. The molecule has 0 saturated carbocycles. The summed E-state index contributed by atoms with van der Waals surface area (Å²) in [5.41, 5.74) is 3.00. The van der Waals surface area contributed by atoms with Crippen LogP contribution in [-0.2, 0) is 12.8 Å². The molecular weight excluding hydrogens is 306 g/mol. The van der Waals surface area contributed by atoms with E-state index in [9.17, 15) is 0 Å². The Kier molecular flexibility index (Phi) is 3.55. The molecule has 1 aliphatic carbocycles. The van der Waals surface area contributed by atoms with Gasteiger partial charge in [-0.2, -0.15) is 0 Å². The second kappa shape index (κ2) is 5.16. The van der Waals surface area contributed by atoms with E-state index in [1.807, 2.05) is 11.3 Å². The zero-order chi connectivity index (χ0) is 12.5. The molecule has 3 heteroatoms. The number of nitrogens with one attached hydrogen (secondary N) is 1. The molecule has 1 nitrogen and oxygen atoms in total. The van der Waals surface area contributed by atoms with E-state index in [0.717, 1.165) is 6.42 Å². The van der Waals surface area contributed by atoms with Gasteiger partial charge in [0.1, 0.15) is 0 Å². The zero-order valence-electron chi connectivity index (χ0n) is 10.3. The minimum absolute atomic E-state index is 0.502. The van der Waals surface area contributed by atoms with Gasteiger partial charge in [0.05, 0.1) is 0 Å². The van der Waals surface area contributed by atoms with Crippen molar-refractivity contribution in [3.63, 3.8) is 0 Å². The molecular formula is C15H16BrNS. The molecule has 0 saturated heterocycles. The first-order valence-electron chi connectivity index (χ1n) is 6.26. The third-order valence-electron chi connectivity index (χ3n) is 3.74. The van der Waals surface area contributed by atoms with E-state index in [2.05, 4.69) is 64.0 Å². The summed E-state index contributed by atoms with van der Waals surface area (Å²) in [6.07, 6.45) is 2.35. The van der Waals surface area contributed by atoms with Crippen molar-refractivity contribution in [1.29, 1.82) is 0 Å². The normalized spacial score (nSPS) is 22.1. The average Bonchev–Trinajstić information content (AvgIpc) is 2.92. The minimum Gasteiger partial charge on any atom is -0.313 e. The van der Waals surface area contributed by atoms with Gasteiger partial charge in [0.15, 0.2) is 0 Å². The molecule has 18 heavy (non-hydrogen) atoms. The first-order valence-corrected chi connectivity index (χ1v) is 7.93. The van der Waals surface area contributed by atoms with Crippen LogP contribution in [0.25, 0.3) is 0 Å². The Labute approximate surface area is 120 Å². The first-order chi connectivity index (χ1) is 8.78. The van der Waals surface area contributed by atoms with Gasteiger partial charge >= 0.3 is 0 Å². The molecule has 2 unspecified atom stereocenters. The van der Waals surface area contributed by atoms with Crippen molar-refractivity contribution in [2.45, 2.75) is 18.9 Å². The van der Waals surface area contributed by atoms with E-state index in [4.69, 9.17) is 0 Å². The second-order valence-corrected chi connectivity index (χ2v) is 6.78. The van der Waals surface area contributed by atoms with Crippen LogP contribution in [-0.4, -0.2) is 7.05 Å². The van der Waals surface area contributed by atoms with Crippen molar-refractivity contribution in [2.24, 2.45) is 5.92 Å². The quantitative estimate of drug-likeness (QED) is 0.894.